The number of aliphatic hydroxyl groups excluding tert-OH is 1. The largest absolute Gasteiger partial charge is 0.394 e. The van der Waals surface area contributed by atoms with Crippen LogP contribution in [0.1, 0.15) is 41.4 Å². The molecule has 1 aromatic heterocycles. The molecule has 0 bridgehead atoms. The van der Waals surface area contributed by atoms with Gasteiger partial charge in [-0.2, -0.15) is 0 Å². The van der Waals surface area contributed by atoms with Gasteiger partial charge in [0.2, 0.25) is 0 Å². The van der Waals surface area contributed by atoms with E-state index in [1.165, 1.54) is 16.8 Å². The van der Waals surface area contributed by atoms with Crippen LogP contribution >= 0.6 is 11.6 Å². The first-order valence-electron chi connectivity index (χ1n) is 9.64. The normalized spacial score (nSPS) is 18.5. The Morgan fingerprint density at radius 2 is 2.13 bits per heavy atom. The third kappa shape index (κ3) is 4.80. The lowest BCUT2D eigenvalue weighted by molar-refractivity contribution is -0.0253. The third-order valence-corrected chi connectivity index (χ3v) is 5.30. The standard InChI is InChI=1S/C20H23ClFN3O5/c1-12-10-25(17-6-4-14(11-26)30-17)20(29)24(19(12)28)8-2-7-23-18(27)15-5-3-13(22)9-16(15)21/h3,5,9-10,14,17,26H,2,4,6-8,11H2,1H3,(H,23,27)/t14-,17+/m0/s1. The van der Waals surface area contributed by atoms with Gasteiger partial charge in [0.05, 0.1) is 23.3 Å². The van der Waals surface area contributed by atoms with Gasteiger partial charge in [-0.25, -0.2) is 9.18 Å². The Kier molecular flexibility index (Phi) is 7.06. The Morgan fingerprint density at radius 1 is 1.37 bits per heavy atom. The SMILES string of the molecule is Cc1cn([C@H]2CC[C@@H](CO)O2)c(=O)n(CCCNC(=O)c2ccc(F)cc2Cl)c1=O. The molecule has 0 radical (unpaired) electrons. The quantitative estimate of drug-likeness (QED) is 0.638. The van der Waals surface area contributed by atoms with E-state index in [0.717, 1.165) is 16.7 Å². The molecule has 0 unspecified atom stereocenters. The summed E-state index contributed by atoms with van der Waals surface area (Å²) in [5.41, 5.74) is -0.360. The van der Waals surface area contributed by atoms with Crippen molar-refractivity contribution >= 4 is 17.5 Å². The van der Waals surface area contributed by atoms with Crippen LogP contribution in [0.5, 0.6) is 0 Å². The summed E-state index contributed by atoms with van der Waals surface area (Å²) in [7, 11) is 0. The third-order valence-electron chi connectivity index (χ3n) is 4.99. The summed E-state index contributed by atoms with van der Waals surface area (Å²) in [6.07, 6.45) is 2.15. The van der Waals surface area contributed by atoms with Gasteiger partial charge in [0.15, 0.2) is 0 Å². The van der Waals surface area contributed by atoms with Gasteiger partial charge in [-0.3, -0.25) is 18.7 Å². The molecule has 2 atom stereocenters. The lowest BCUT2D eigenvalue weighted by Gasteiger charge is -2.18. The van der Waals surface area contributed by atoms with Gasteiger partial charge in [0.1, 0.15) is 12.0 Å². The molecule has 30 heavy (non-hydrogen) atoms. The number of aryl methyl sites for hydroxylation is 1. The molecule has 0 spiro atoms. The number of carbonyl (C=O) groups excluding carboxylic acids is 1. The van der Waals surface area contributed by atoms with Gasteiger partial charge in [-0.05, 0) is 44.4 Å². The molecule has 3 rings (SSSR count). The molecule has 1 aliphatic rings. The van der Waals surface area contributed by atoms with Crippen molar-refractivity contribution in [3.8, 4) is 0 Å². The van der Waals surface area contributed by atoms with Crippen molar-refractivity contribution in [1.82, 2.24) is 14.5 Å². The zero-order valence-electron chi connectivity index (χ0n) is 16.4. The first-order valence-corrected chi connectivity index (χ1v) is 10.0. The Balaban J connectivity index is 1.66. The summed E-state index contributed by atoms with van der Waals surface area (Å²) in [5.74, 6) is -1.01. The molecule has 0 aliphatic carbocycles. The minimum Gasteiger partial charge on any atom is -0.394 e. The van der Waals surface area contributed by atoms with Crippen molar-refractivity contribution in [2.75, 3.05) is 13.2 Å². The summed E-state index contributed by atoms with van der Waals surface area (Å²) in [4.78, 5) is 37.4. The first kappa shape index (κ1) is 22.2. The molecule has 8 nitrogen and oxygen atoms in total. The van der Waals surface area contributed by atoms with E-state index in [0.29, 0.717) is 24.8 Å². The summed E-state index contributed by atoms with van der Waals surface area (Å²) in [5, 5.41) is 11.9. The number of rotatable bonds is 7. The van der Waals surface area contributed by atoms with Crippen molar-refractivity contribution in [2.24, 2.45) is 0 Å². The van der Waals surface area contributed by atoms with Crippen LogP contribution in [0.2, 0.25) is 5.02 Å². The molecular formula is C20H23ClFN3O5. The van der Waals surface area contributed by atoms with Crippen LogP contribution in [0.3, 0.4) is 0 Å². The molecule has 0 saturated carbocycles. The van der Waals surface area contributed by atoms with Crippen LogP contribution in [0.15, 0.2) is 34.0 Å². The molecule has 1 amide bonds. The van der Waals surface area contributed by atoms with E-state index < -0.39 is 29.2 Å². The van der Waals surface area contributed by atoms with E-state index >= 15 is 0 Å². The Labute approximate surface area is 176 Å². The van der Waals surface area contributed by atoms with E-state index in [-0.39, 0.29) is 36.4 Å². The number of halogens is 2. The van der Waals surface area contributed by atoms with Crippen LogP contribution in [0.25, 0.3) is 0 Å². The number of nitrogens with zero attached hydrogens (tertiary/aromatic N) is 2. The number of carbonyl (C=O) groups is 1. The van der Waals surface area contributed by atoms with Gasteiger partial charge in [-0.1, -0.05) is 11.6 Å². The van der Waals surface area contributed by atoms with Gasteiger partial charge in [-0.15, -0.1) is 0 Å². The number of aliphatic hydroxyl groups is 1. The number of aromatic nitrogens is 2. The number of ether oxygens (including phenoxy) is 1. The fourth-order valence-corrected chi connectivity index (χ4v) is 3.65. The number of nitrogens with one attached hydrogen (secondary N) is 1. The Bertz CT molecular complexity index is 1050. The van der Waals surface area contributed by atoms with Gasteiger partial charge in [0.25, 0.3) is 11.5 Å². The summed E-state index contributed by atoms with van der Waals surface area (Å²) in [6.45, 7) is 1.79. The highest BCUT2D eigenvalue weighted by atomic mass is 35.5. The lowest BCUT2D eigenvalue weighted by Crippen LogP contribution is -2.42. The van der Waals surface area contributed by atoms with Crippen LogP contribution in [0.4, 0.5) is 4.39 Å². The molecular weight excluding hydrogens is 417 g/mol. The van der Waals surface area contributed by atoms with Crippen molar-refractivity contribution in [2.45, 2.75) is 45.1 Å². The van der Waals surface area contributed by atoms with Crippen molar-refractivity contribution in [3.63, 3.8) is 0 Å². The zero-order chi connectivity index (χ0) is 21.8. The maximum Gasteiger partial charge on any atom is 0.333 e. The fourth-order valence-electron chi connectivity index (χ4n) is 3.40. The van der Waals surface area contributed by atoms with Gasteiger partial charge < -0.3 is 15.2 Å². The predicted octanol–water partition coefficient (Wildman–Crippen LogP) is 1.60. The molecule has 1 fully saturated rings. The highest BCUT2D eigenvalue weighted by molar-refractivity contribution is 6.33. The van der Waals surface area contributed by atoms with Crippen molar-refractivity contribution in [3.05, 3.63) is 67.2 Å². The van der Waals surface area contributed by atoms with Gasteiger partial charge in [0, 0.05) is 24.8 Å². The van der Waals surface area contributed by atoms with E-state index in [1.54, 1.807) is 6.92 Å². The van der Waals surface area contributed by atoms with Gasteiger partial charge >= 0.3 is 5.69 Å². The van der Waals surface area contributed by atoms with E-state index in [1.807, 2.05) is 0 Å². The molecule has 2 heterocycles. The van der Waals surface area contributed by atoms with E-state index in [9.17, 15) is 23.9 Å². The lowest BCUT2D eigenvalue weighted by atomic mass is 10.2. The average molecular weight is 440 g/mol. The Morgan fingerprint density at radius 3 is 2.80 bits per heavy atom. The first-order chi connectivity index (χ1) is 14.3. The maximum atomic E-state index is 13.1. The van der Waals surface area contributed by atoms with Crippen molar-refractivity contribution in [1.29, 1.82) is 0 Å². The zero-order valence-corrected chi connectivity index (χ0v) is 17.2. The molecule has 1 saturated heterocycles. The number of amides is 1. The molecule has 1 aliphatic heterocycles. The van der Waals surface area contributed by atoms with Crippen LogP contribution in [0, 0.1) is 12.7 Å². The topological polar surface area (TPSA) is 103 Å². The molecule has 10 heteroatoms. The summed E-state index contributed by atoms with van der Waals surface area (Å²) in [6, 6.07) is 3.48. The highest BCUT2D eigenvalue weighted by Gasteiger charge is 2.27. The Hall–Kier alpha value is -2.49. The smallest absolute Gasteiger partial charge is 0.333 e. The number of hydrogen-bond donors (Lipinski definition) is 2. The van der Waals surface area contributed by atoms with Crippen LogP contribution < -0.4 is 16.6 Å². The summed E-state index contributed by atoms with van der Waals surface area (Å²) < 4.78 is 21.2. The van der Waals surface area contributed by atoms with Crippen molar-refractivity contribution < 1.29 is 19.0 Å². The minimum absolute atomic E-state index is 0.00281. The number of hydrogen-bond acceptors (Lipinski definition) is 5. The molecule has 162 valence electrons. The van der Waals surface area contributed by atoms with Crippen LogP contribution in [-0.2, 0) is 11.3 Å². The van der Waals surface area contributed by atoms with Crippen LogP contribution in [-0.4, -0.2) is 39.4 Å². The van der Waals surface area contributed by atoms with E-state index in [2.05, 4.69) is 5.32 Å². The monoisotopic (exact) mass is 439 g/mol. The summed E-state index contributed by atoms with van der Waals surface area (Å²) >= 11 is 5.87. The predicted molar refractivity (Wildman–Crippen MR) is 108 cm³/mol. The minimum atomic E-state index is -0.539. The molecule has 2 N–H and O–H groups in total. The van der Waals surface area contributed by atoms with E-state index in [4.69, 9.17) is 16.3 Å². The molecule has 2 aromatic rings. The second-order valence-electron chi connectivity index (χ2n) is 7.17. The molecule has 1 aromatic carbocycles. The average Bonchev–Trinajstić information content (AvgIpc) is 3.19. The fraction of sp³-hybridized carbons (Fsp3) is 0.450. The maximum absolute atomic E-state index is 13.1. The second-order valence-corrected chi connectivity index (χ2v) is 7.57. The number of benzene rings is 1. The second kappa shape index (κ2) is 9.55. The highest BCUT2D eigenvalue weighted by Crippen LogP contribution is 2.26.